The lowest BCUT2D eigenvalue weighted by Gasteiger charge is -2.12. The number of carbonyl (C=O) groups excluding carboxylic acids is 1. The molecule has 0 spiro atoms. The first-order valence-electron chi connectivity index (χ1n) is 5.07. The number of carboxylic acids is 1. The molecule has 0 saturated carbocycles. The smallest absolute Gasteiger partial charge is 0.309 e. The van der Waals surface area contributed by atoms with Gasteiger partial charge >= 0.3 is 11.9 Å². The number of ether oxygens (including phenoxy) is 1. The maximum Gasteiger partial charge on any atom is 0.309 e. The Morgan fingerprint density at radius 3 is 2.41 bits per heavy atom. The number of carbonyl (C=O) groups is 2. The zero-order chi connectivity index (χ0) is 12.8. The second-order valence-corrected chi connectivity index (χ2v) is 3.65. The van der Waals surface area contributed by atoms with Crippen LogP contribution in [0.15, 0.2) is 24.3 Å². The second kappa shape index (κ2) is 5.98. The fraction of sp³-hybridized carbons (Fsp3) is 0.333. The van der Waals surface area contributed by atoms with E-state index in [1.807, 2.05) is 0 Å². The van der Waals surface area contributed by atoms with E-state index in [-0.39, 0.29) is 18.7 Å². The molecule has 1 aromatic rings. The van der Waals surface area contributed by atoms with E-state index in [4.69, 9.17) is 5.11 Å². The van der Waals surface area contributed by atoms with Gasteiger partial charge in [0.15, 0.2) is 0 Å². The van der Waals surface area contributed by atoms with Gasteiger partial charge in [0, 0.05) is 0 Å². The highest BCUT2D eigenvalue weighted by molar-refractivity contribution is 5.79. The van der Waals surface area contributed by atoms with Gasteiger partial charge in [-0.25, -0.2) is 4.39 Å². The number of hydrogen-bond donors (Lipinski definition) is 1. The maximum absolute atomic E-state index is 12.7. The SMILES string of the molecule is COC(=O)C(CC(=O)O)Cc1ccc(F)cc1. The Morgan fingerprint density at radius 2 is 1.94 bits per heavy atom. The lowest BCUT2D eigenvalue weighted by molar-refractivity contribution is -0.150. The molecule has 1 N–H and O–H groups in total. The summed E-state index contributed by atoms with van der Waals surface area (Å²) >= 11 is 0. The molecule has 0 aromatic heterocycles. The number of carboxylic acid groups (broad SMARTS) is 1. The predicted molar refractivity (Wildman–Crippen MR) is 57.9 cm³/mol. The largest absolute Gasteiger partial charge is 0.481 e. The van der Waals surface area contributed by atoms with Crippen molar-refractivity contribution in [1.82, 2.24) is 0 Å². The molecule has 0 heterocycles. The summed E-state index contributed by atoms with van der Waals surface area (Å²) in [5.74, 6) is -2.76. The van der Waals surface area contributed by atoms with Crippen molar-refractivity contribution >= 4 is 11.9 Å². The van der Waals surface area contributed by atoms with Gasteiger partial charge in [-0.2, -0.15) is 0 Å². The van der Waals surface area contributed by atoms with Crippen molar-refractivity contribution in [1.29, 1.82) is 0 Å². The van der Waals surface area contributed by atoms with Crippen LogP contribution in [-0.4, -0.2) is 24.2 Å². The third kappa shape index (κ3) is 4.22. The first-order chi connectivity index (χ1) is 8.02. The Bertz CT molecular complexity index is 399. The predicted octanol–water partition coefficient (Wildman–Crippen LogP) is 1.63. The molecule has 0 bridgehead atoms. The lowest BCUT2D eigenvalue weighted by atomic mass is 9.96. The molecule has 0 fully saturated rings. The van der Waals surface area contributed by atoms with Crippen LogP contribution in [0.5, 0.6) is 0 Å². The average Bonchev–Trinajstić information content (AvgIpc) is 2.29. The fourth-order valence-corrected chi connectivity index (χ4v) is 1.52. The number of esters is 1. The zero-order valence-corrected chi connectivity index (χ0v) is 9.35. The van der Waals surface area contributed by atoms with Gasteiger partial charge in [0.25, 0.3) is 0 Å². The summed E-state index contributed by atoms with van der Waals surface area (Å²) in [4.78, 5) is 22.0. The summed E-state index contributed by atoms with van der Waals surface area (Å²) in [6.45, 7) is 0. The van der Waals surface area contributed by atoms with Crippen LogP contribution in [0.1, 0.15) is 12.0 Å². The van der Waals surface area contributed by atoms with E-state index in [0.29, 0.717) is 5.56 Å². The van der Waals surface area contributed by atoms with Crippen molar-refractivity contribution in [3.8, 4) is 0 Å². The highest BCUT2D eigenvalue weighted by Crippen LogP contribution is 2.14. The topological polar surface area (TPSA) is 63.6 Å². The molecule has 0 saturated heterocycles. The van der Waals surface area contributed by atoms with E-state index in [9.17, 15) is 14.0 Å². The van der Waals surface area contributed by atoms with E-state index >= 15 is 0 Å². The molecule has 1 rings (SSSR count). The van der Waals surface area contributed by atoms with Crippen LogP contribution in [-0.2, 0) is 20.7 Å². The molecule has 0 aliphatic carbocycles. The summed E-state index contributed by atoms with van der Waals surface area (Å²) in [6.07, 6.45) is -0.0801. The van der Waals surface area contributed by atoms with Crippen molar-refractivity contribution in [2.45, 2.75) is 12.8 Å². The van der Waals surface area contributed by atoms with Gasteiger partial charge in [0.05, 0.1) is 19.4 Å². The molecular weight excluding hydrogens is 227 g/mol. The Hall–Kier alpha value is -1.91. The molecule has 1 aromatic carbocycles. The van der Waals surface area contributed by atoms with Crippen molar-refractivity contribution < 1.29 is 23.8 Å². The number of aliphatic carboxylic acids is 1. The minimum Gasteiger partial charge on any atom is -0.481 e. The van der Waals surface area contributed by atoms with E-state index in [2.05, 4.69) is 4.74 Å². The summed E-state index contributed by atoms with van der Waals surface area (Å²) in [6, 6.07) is 5.58. The number of hydrogen-bond acceptors (Lipinski definition) is 3. The van der Waals surface area contributed by atoms with Crippen LogP contribution >= 0.6 is 0 Å². The quantitative estimate of drug-likeness (QED) is 0.794. The molecule has 0 aliphatic rings. The van der Waals surface area contributed by atoms with Gasteiger partial charge in [0.1, 0.15) is 5.82 Å². The molecule has 17 heavy (non-hydrogen) atoms. The van der Waals surface area contributed by atoms with Crippen molar-refractivity contribution in [3.63, 3.8) is 0 Å². The minimum absolute atomic E-state index is 0.221. The number of benzene rings is 1. The molecule has 5 heteroatoms. The highest BCUT2D eigenvalue weighted by Gasteiger charge is 2.22. The van der Waals surface area contributed by atoms with Crippen molar-refractivity contribution in [2.75, 3.05) is 7.11 Å². The van der Waals surface area contributed by atoms with Crippen LogP contribution in [0, 0.1) is 11.7 Å². The second-order valence-electron chi connectivity index (χ2n) is 3.65. The monoisotopic (exact) mass is 240 g/mol. The van der Waals surface area contributed by atoms with Gasteiger partial charge in [-0.1, -0.05) is 12.1 Å². The van der Waals surface area contributed by atoms with E-state index in [1.165, 1.54) is 31.4 Å². The Balaban J connectivity index is 2.75. The standard InChI is InChI=1S/C12H13FO4/c1-17-12(16)9(7-11(14)15)6-8-2-4-10(13)5-3-8/h2-5,9H,6-7H2,1H3,(H,14,15). The van der Waals surface area contributed by atoms with Crippen LogP contribution in [0.3, 0.4) is 0 Å². The summed E-state index contributed by atoms with van der Waals surface area (Å²) in [5, 5.41) is 8.68. The molecule has 0 aliphatic heterocycles. The van der Waals surface area contributed by atoms with Gasteiger partial charge in [-0.05, 0) is 24.1 Å². The van der Waals surface area contributed by atoms with E-state index in [0.717, 1.165) is 0 Å². The molecular formula is C12H13FO4. The lowest BCUT2D eigenvalue weighted by Crippen LogP contribution is -2.22. The van der Waals surface area contributed by atoms with Gasteiger partial charge in [-0.3, -0.25) is 9.59 Å². The van der Waals surface area contributed by atoms with Crippen LogP contribution in [0.25, 0.3) is 0 Å². The Labute approximate surface area is 98.0 Å². The van der Waals surface area contributed by atoms with Crippen LogP contribution in [0.4, 0.5) is 4.39 Å². The number of rotatable bonds is 5. The Kier molecular flexibility index (Phi) is 4.63. The number of halogens is 1. The minimum atomic E-state index is -1.07. The van der Waals surface area contributed by atoms with Gasteiger partial charge < -0.3 is 9.84 Å². The van der Waals surface area contributed by atoms with E-state index in [1.54, 1.807) is 0 Å². The van der Waals surface area contributed by atoms with Crippen LogP contribution < -0.4 is 0 Å². The summed E-state index contributed by atoms with van der Waals surface area (Å²) in [7, 11) is 1.21. The molecule has 92 valence electrons. The molecule has 1 atom stereocenters. The normalized spacial score (nSPS) is 11.9. The third-order valence-corrected chi connectivity index (χ3v) is 2.35. The van der Waals surface area contributed by atoms with Crippen molar-refractivity contribution in [2.24, 2.45) is 5.92 Å². The molecule has 0 amide bonds. The average molecular weight is 240 g/mol. The summed E-state index contributed by atoms with van der Waals surface area (Å²) < 4.78 is 17.2. The third-order valence-electron chi connectivity index (χ3n) is 2.35. The van der Waals surface area contributed by atoms with E-state index < -0.39 is 17.9 Å². The van der Waals surface area contributed by atoms with Gasteiger partial charge in [0.2, 0.25) is 0 Å². The molecule has 4 nitrogen and oxygen atoms in total. The van der Waals surface area contributed by atoms with Crippen LogP contribution in [0.2, 0.25) is 0 Å². The molecule has 1 unspecified atom stereocenters. The Morgan fingerprint density at radius 1 is 1.35 bits per heavy atom. The fourth-order valence-electron chi connectivity index (χ4n) is 1.52. The number of methoxy groups -OCH3 is 1. The molecule has 0 radical (unpaired) electrons. The first kappa shape index (κ1) is 13.2. The van der Waals surface area contributed by atoms with Crippen molar-refractivity contribution in [3.05, 3.63) is 35.6 Å². The van der Waals surface area contributed by atoms with Gasteiger partial charge in [-0.15, -0.1) is 0 Å². The zero-order valence-electron chi connectivity index (χ0n) is 9.35. The first-order valence-corrected chi connectivity index (χ1v) is 5.07. The summed E-state index contributed by atoms with van der Waals surface area (Å²) in [5.41, 5.74) is 0.697. The highest BCUT2D eigenvalue weighted by atomic mass is 19.1. The maximum atomic E-state index is 12.7.